The quantitative estimate of drug-likeness (QED) is 0.654. The molecule has 0 fully saturated rings. The first-order valence-corrected chi connectivity index (χ1v) is 6.91. The highest BCUT2D eigenvalue weighted by molar-refractivity contribution is 6.08. The van der Waals surface area contributed by atoms with Crippen LogP contribution < -0.4 is 14.2 Å². The van der Waals surface area contributed by atoms with E-state index in [0.717, 1.165) is 0 Å². The zero-order valence-corrected chi connectivity index (χ0v) is 13.2. The van der Waals surface area contributed by atoms with Crippen molar-refractivity contribution >= 4 is 11.9 Å². The monoisotopic (exact) mass is 314 g/mol. The van der Waals surface area contributed by atoms with Gasteiger partial charge in [0.05, 0.1) is 32.5 Å². The summed E-state index contributed by atoms with van der Waals surface area (Å²) in [6.07, 6.45) is 2.96. The van der Waals surface area contributed by atoms with E-state index in [2.05, 4.69) is 0 Å². The molecule has 23 heavy (non-hydrogen) atoms. The minimum Gasteiger partial charge on any atom is -0.507 e. The predicted molar refractivity (Wildman–Crippen MR) is 87.6 cm³/mol. The Morgan fingerprint density at radius 3 is 2.17 bits per heavy atom. The standard InChI is InChI=1S/C18H18O5/c1-21-12-7-8-13(16(20)11-12)15(19)10-9-14-17(22-2)5-4-6-18(14)23-3/h4-11,20H,1-3H3/b10-9+. The van der Waals surface area contributed by atoms with E-state index in [1.807, 2.05) is 0 Å². The molecule has 5 heteroatoms. The summed E-state index contributed by atoms with van der Waals surface area (Å²) in [4.78, 5) is 12.3. The van der Waals surface area contributed by atoms with Crippen LogP contribution in [-0.2, 0) is 0 Å². The van der Waals surface area contributed by atoms with Gasteiger partial charge in [0, 0.05) is 6.07 Å². The summed E-state index contributed by atoms with van der Waals surface area (Å²) in [5.74, 6) is 1.19. The van der Waals surface area contributed by atoms with Gasteiger partial charge in [-0.05, 0) is 36.4 Å². The highest BCUT2D eigenvalue weighted by atomic mass is 16.5. The highest BCUT2D eigenvalue weighted by Gasteiger charge is 2.11. The SMILES string of the molecule is COc1ccc(C(=O)/C=C/c2c(OC)cccc2OC)c(O)c1. The Hall–Kier alpha value is -2.95. The van der Waals surface area contributed by atoms with Crippen LogP contribution in [0.3, 0.4) is 0 Å². The molecule has 0 atom stereocenters. The summed E-state index contributed by atoms with van der Waals surface area (Å²) in [5.41, 5.74) is 0.842. The van der Waals surface area contributed by atoms with E-state index in [1.54, 1.807) is 44.6 Å². The number of ether oxygens (including phenoxy) is 3. The van der Waals surface area contributed by atoms with Crippen molar-refractivity contribution in [3.8, 4) is 23.0 Å². The van der Waals surface area contributed by atoms with E-state index in [9.17, 15) is 9.90 Å². The van der Waals surface area contributed by atoms with E-state index in [-0.39, 0.29) is 17.1 Å². The lowest BCUT2D eigenvalue weighted by molar-refractivity contribution is 0.104. The summed E-state index contributed by atoms with van der Waals surface area (Å²) in [6, 6.07) is 9.87. The number of phenols is 1. The molecule has 1 N–H and O–H groups in total. The van der Waals surface area contributed by atoms with Crippen LogP contribution in [0.25, 0.3) is 6.08 Å². The minimum atomic E-state index is -0.335. The van der Waals surface area contributed by atoms with Crippen molar-refractivity contribution in [2.75, 3.05) is 21.3 Å². The fourth-order valence-corrected chi connectivity index (χ4v) is 2.14. The predicted octanol–water partition coefficient (Wildman–Crippen LogP) is 3.31. The molecule has 0 saturated carbocycles. The van der Waals surface area contributed by atoms with Crippen molar-refractivity contribution in [3.63, 3.8) is 0 Å². The van der Waals surface area contributed by atoms with Crippen LogP contribution in [-0.4, -0.2) is 32.2 Å². The topological polar surface area (TPSA) is 65.0 Å². The van der Waals surface area contributed by atoms with Crippen LogP contribution in [0.15, 0.2) is 42.5 Å². The Morgan fingerprint density at radius 1 is 1.00 bits per heavy atom. The molecule has 0 heterocycles. The summed E-state index contributed by atoms with van der Waals surface area (Å²) >= 11 is 0. The Morgan fingerprint density at radius 2 is 1.65 bits per heavy atom. The molecule has 5 nitrogen and oxygen atoms in total. The number of aromatic hydroxyl groups is 1. The lowest BCUT2D eigenvalue weighted by atomic mass is 10.1. The maximum atomic E-state index is 12.3. The minimum absolute atomic E-state index is 0.133. The summed E-state index contributed by atoms with van der Waals surface area (Å²) in [5, 5.41) is 9.91. The van der Waals surface area contributed by atoms with Gasteiger partial charge in [-0.2, -0.15) is 0 Å². The largest absolute Gasteiger partial charge is 0.507 e. The van der Waals surface area contributed by atoms with Crippen LogP contribution in [0, 0.1) is 0 Å². The van der Waals surface area contributed by atoms with Crippen molar-refractivity contribution in [2.24, 2.45) is 0 Å². The summed E-state index contributed by atoms with van der Waals surface area (Å²) in [6.45, 7) is 0. The van der Waals surface area contributed by atoms with Crippen LogP contribution >= 0.6 is 0 Å². The molecular formula is C18H18O5. The normalized spacial score (nSPS) is 10.6. The first-order chi connectivity index (χ1) is 11.1. The van der Waals surface area contributed by atoms with E-state index in [1.165, 1.54) is 25.3 Å². The Kier molecular flexibility index (Phi) is 5.25. The van der Waals surface area contributed by atoms with Gasteiger partial charge < -0.3 is 19.3 Å². The number of carbonyl (C=O) groups is 1. The first kappa shape index (κ1) is 16.4. The van der Waals surface area contributed by atoms with Crippen molar-refractivity contribution in [1.82, 2.24) is 0 Å². The van der Waals surface area contributed by atoms with Gasteiger partial charge in [0.15, 0.2) is 5.78 Å². The number of rotatable bonds is 6. The third-order valence-corrected chi connectivity index (χ3v) is 3.34. The van der Waals surface area contributed by atoms with Gasteiger partial charge in [-0.1, -0.05) is 6.07 Å². The number of hydrogen-bond acceptors (Lipinski definition) is 5. The highest BCUT2D eigenvalue weighted by Crippen LogP contribution is 2.30. The molecule has 0 saturated heterocycles. The van der Waals surface area contributed by atoms with Crippen LogP contribution in [0.2, 0.25) is 0 Å². The molecule has 0 aliphatic carbocycles. The lowest BCUT2D eigenvalue weighted by Gasteiger charge is -2.09. The fraction of sp³-hybridized carbons (Fsp3) is 0.167. The maximum Gasteiger partial charge on any atom is 0.189 e. The number of benzene rings is 2. The van der Waals surface area contributed by atoms with E-state index in [0.29, 0.717) is 22.8 Å². The van der Waals surface area contributed by atoms with Gasteiger partial charge >= 0.3 is 0 Å². The third kappa shape index (κ3) is 3.63. The van der Waals surface area contributed by atoms with Gasteiger partial charge in [-0.3, -0.25) is 4.79 Å². The summed E-state index contributed by atoms with van der Waals surface area (Å²) in [7, 11) is 4.58. The van der Waals surface area contributed by atoms with Crippen molar-refractivity contribution in [3.05, 3.63) is 53.6 Å². The molecule has 0 bridgehead atoms. The molecule has 2 aromatic rings. The van der Waals surface area contributed by atoms with Gasteiger partial charge in [-0.15, -0.1) is 0 Å². The molecule has 2 aromatic carbocycles. The van der Waals surface area contributed by atoms with Crippen molar-refractivity contribution < 1.29 is 24.1 Å². The smallest absolute Gasteiger partial charge is 0.189 e. The van der Waals surface area contributed by atoms with Crippen molar-refractivity contribution in [1.29, 1.82) is 0 Å². The first-order valence-electron chi connectivity index (χ1n) is 6.91. The molecule has 0 unspecified atom stereocenters. The molecule has 0 amide bonds. The molecule has 0 spiro atoms. The van der Waals surface area contributed by atoms with Crippen LogP contribution in [0.5, 0.6) is 23.0 Å². The number of methoxy groups -OCH3 is 3. The molecular weight excluding hydrogens is 296 g/mol. The van der Waals surface area contributed by atoms with Gasteiger partial charge in [-0.25, -0.2) is 0 Å². The zero-order valence-electron chi connectivity index (χ0n) is 13.2. The average molecular weight is 314 g/mol. The number of hydrogen-bond donors (Lipinski definition) is 1. The number of phenolic OH excluding ortho intramolecular Hbond substituents is 1. The molecule has 2 rings (SSSR count). The molecule has 120 valence electrons. The second-order valence-corrected chi connectivity index (χ2v) is 4.66. The van der Waals surface area contributed by atoms with E-state index < -0.39 is 0 Å². The zero-order chi connectivity index (χ0) is 16.8. The summed E-state index contributed by atoms with van der Waals surface area (Å²) < 4.78 is 15.5. The lowest BCUT2D eigenvalue weighted by Crippen LogP contribution is -1.97. The number of carbonyl (C=O) groups excluding carboxylic acids is 1. The Bertz CT molecular complexity index is 712. The van der Waals surface area contributed by atoms with Crippen molar-refractivity contribution in [2.45, 2.75) is 0 Å². The molecule has 0 aliphatic heterocycles. The fourth-order valence-electron chi connectivity index (χ4n) is 2.14. The Labute approximate surface area is 134 Å². The Balaban J connectivity index is 2.32. The number of ketones is 1. The van der Waals surface area contributed by atoms with Crippen LogP contribution in [0.1, 0.15) is 15.9 Å². The molecule has 0 aromatic heterocycles. The van der Waals surface area contributed by atoms with E-state index >= 15 is 0 Å². The third-order valence-electron chi connectivity index (χ3n) is 3.34. The molecule has 0 aliphatic rings. The second-order valence-electron chi connectivity index (χ2n) is 4.66. The maximum absolute atomic E-state index is 12.3. The number of allylic oxidation sites excluding steroid dienone is 1. The van der Waals surface area contributed by atoms with Gasteiger partial charge in [0.2, 0.25) is 0 Å². The second kappa shape index (κ2) is 7.35. The average Bonchev–Trinajstić information content (AvgIpc) is 2.58. The van der Waals surface area contributed by atoms with Crippen LogP contribution in [0.4, 0.5) is 0 Å². The molecule has 0 radical (unpaired) electrons. The van der Waals surface area contributed by atoms with E-state index in [4.69, 9.17) is 14.2 Å². The van der Waals surface area contributed by atoms with Gasteiger partial charge in [0.1, 0.15) is 23.0 Å². The van der Waals surface area contributed by atoms with Gasteiger partial charge in [0.25, 0.3) is 0 Å².